The lowest BCUT2D eigenvalue weighted by atomic mass is 10.2. The number of para-hydroxylation sites is 1. The van der Waals surface area contributed by atoms with E-state index in [9.17, 15) is 4.79 Å². The number of benzene rings is 1. The van der Waals surface area contributed by atoms with Crippen LogP contribution in [0.25, 0.3) is 0 Å². The van der Waals surface area contributed by atoms with Crippen molar-refractivity contribution in [2.45, 2.75) is 19.5 Å². The summed E-state index contributed by atoms with van der Waals surface area (Å²) in [6.45, 7) is 2.22. The van der Waals surface area contributed by atoms with Crippen molar-refractivity contribution in [3.8, 4) is 5.75 Å². The molecule has 110 valence electrons. The van der Waals surface area contributed by atoms with Crippen LogP contribution >= 0.6 is 0 Å². The third kappa shape index (κ3) is 2.84. The first-order valence-corrected chi connectivity index (χ1v) is 6.99. The lowest BCUT2D eigenvalue weighted by Crippen LogP contribution is -2.23. The van der Waals surface area contributed by atoms with E-state index >= 15 is 0 Å². The van der Waals surface area contributed by atoms with Crippen LogP contribution in [0.4, 0.5) is 5.95 Å². The molecule has 1 aliphatic rings. The second-order valence-electron chi connectivity index (χ2n) is 4.92. The number of hydrogen-bond donors (Lipinski definition) is 2. The molecule has 1 aromatic carbocycles. The predicted molar refractivity (Wildman–Crippen MR) is 79.5 cm³/mol. The monoisotopic (exact) mass is 286 g/mol. The van der Waals surface area contributed by atoms with Crippen LogP contribution in [0, 0.1) is 0 Å². The van der Waals surface area contributed by atoms with Gasteiger partial charge in [0.15, 0.2) is 0 Å². The zero-order chi connectivity index (χ0) is 14.7. The summed E-state index contributed by atoms with van der Waals surface area (Å²) in [7, 11) is 1.62. The van der Waals surface area contributed by atoms with E-state index in [0.717, 1.165) is 36.8 Å². The van der Waals surface area contributed by atoms with Crippen molar-refractivity contribution in [1.29, 1.82) is 0 Å². The maximum absolute atomic E-state index is 12.2. The van der Waals surface area contributed by atoms with Crippen LogP contribution < -0.4 is 15.4 Å². The number of anilines is 1. The Balaban J connectivity index is 1.67. The summed E-state index contributed by atoms with van der Waals surface area (Å²) in [5.41, 5.74) is 1.38. The van der Waals surface area contributed by atoms with Gasteiger partial charge in [-0.2, -0.15) is 0 Å². The van der Waals surface area contributed by atoms with Crippen LogP contribution in [-0.2, 0) is 13.1 Å². The molecule has 1 amide bonds. The zero-order valence-corrected chi connectivity index (χ0v) is 11.9. The number of ether oxygens (including phenoxy) is 1. The third-order valence-corrected chi connectivity index (χ3v) is 3.50. The highest BCUT2D eigenvalue weighted by Crippen LogP contribution is 2.17. The van der Waals surface area contributed by atoms with Gasteiger partial charge in [0.05, 0.1) is 7.11 Å². The molecule has 0 spiro atoms. The molecule has 21 heavy (non-hydrogen) atoms. The smallest absolute Gasteiger partial charge is 0.271 e. The van der Waals surface area contributed by atoms with E-state index < -0.39 is 0 Å². The first kappa shape index (κ1) is 13.5. The van der Waals surface area contributed by atoms with Gasteiger partial charge < -0.3 is 19.9 Å². The number of nitrogens with zero attached hydrogens (tertiary/aromatic N) is 2. The summed E-state index contributed by atoms with van der Waals surface area (Å²) < 4.78 is 7.24. The van der Waals surface area contributed by atoms with Gasteiger partial charge in [-0.05, 0) is 12.5 Å². The largest absolute Gasteiger partial charge is 0.496 e. The molecule has 2 heterocycles. The Morgan fingerprint density at radius 3 is 3.14 bits per heavy atom. The van der Waals surface area contributed by atoms with Crippen LogP contribution in [0.5, 0.6) is 5.75 Å². The summed E-state index contributed by atoms with van der Waals surface area (Å²) in [6.07, 6.45) is 2.84. The van der Waals surface area contributed by atoms with Crippen LogP contribution in [0.2, 0.25) is 0 Å². The second kappa shape index (κ2) is 5.87. The highest BCUT2D eigenvalue weighted by Gasteiger charge is 2.16. The quantitative estimate of drug-likeness (QED) is 0.896. The van der Waals surface area contributed by atoms with Gasteiger partial charge in [-0.15, -0.1) is 0 Å². The molecule has 0 saturated carbocycles. The first-order valence-electron chi connectivity index (χ1n) is 6.99. The van der Waals surface area contributed by atoms with Gasteiger partial charge in [0.25, 0.3) is 5.91 Å². The third-order valence-electron chi connectivity index (χ3n) is 3.50. The standard InChI is InChI=1S/C15H18N4O2/c1-21-13-6-3-2-5-11(13)9-17-14(20)12-10-19-8-4-7-16-15(19)18-12/h2-3,5-6,10H,4,7-9H2,1H3,(H,16,18)(H,17,20). The maximum Gasteiger partial charge on any atom is 0.271 e. The van der Waals surface area contributed by atoms with E-state index in [1.54, 1.807) is 13.3 Å². The average molecular weight is 286 g/mol. The van der Waals surface area contributed by atoms with E-state index in [4.69, 9.17) is 4.74 Å². The van der Waals surface area contributed by atoms with E-state index in [1.165, 1.54) is 0 Å². The molecule has 6 heteroatoms. The summed E-state index contributed by atoms with van der Waals surface area (Å²) in [5.74, 6) is 1.36. The van der Waals surface area contributed by atoms with Crippen LogP contribution in [0.15, 0.2) is 30.5 Å². The van der Waals surface area contributed by atoms with Crippen molar-refractivity contribution >= 4 is 11.9 Å². The number of aromatic nitrogens is 2. The number of carbonyl (C=O) groups is 1. The molecule has 2 N–H and O–H groups in total. The fourth-order valence-corrected chi connectivity index (χ4v) is 2.40. The van der Waals surface area contributed by atoms with Gasteiger partial charge in [0.1, 0.15) is 11.4 Å². The van der Waals surface area contributed by atoms with E-state index in [2.05, 4.69) is 15.6 Å². The number of nitrogens with one attached hydrogen (secondary N) is 2. The van der Waals surface area contributed by atoms with Crippen molar-refractivity contribution in [3.05, 3.63) is 41.7 Å². The van der Waals surface area contributed by atoms with Gasteiger partial charge in [-0.3, -0.25) is 4.79 Å². The molecule has 6 nitrogen and oxygen atoms in total. The minimum atomic E-state index is -0.176. The summed E-state index contributed by atoms with van der Waals surface area (Å²) >= 11 is 0. The molecule has 0 atom stereocenters. The Labute approximate surface area is 123 Å². The summed E-state index contributed by atoms with van der Waals surface area (Å²) in [6, 6.07) is 7.63. The summed E-state index contributed by atoms with van der Waals surface area (Å²) in [5, 5.41) is 6.06. The molecule has 2 aromatic rings. The molecule has 0 saturated heterocycles. The number of hydrogen-bond acceptors (Lipinski definition) is 4. The fraction of sp³-hybridized carbons (Fsp3) is 0.333. The molecule has 0 unspecified atom stereocenters. The second-order valence-corrected chi connectivity index (χ2v) is 4.92. The highest BCUT2D eigenvalue weighted by atomic mass is 16.5. The van der Waals surface area contributed by atoms with Gasteiger partial charge >= 0.3 is 0 Å². The Bertz CT molecular complexity index is 627. The Kier molecular flexibility index (Phi) is 3.77. The fourth-order valence-electron chi connectivity index (χ4n) is 2.40. The number of carbonyl (C=O) groups excluding carboxylic acids is 1. The number of imidazole rings is 1. The summed E-state index contributed by atoms with van der Waals surface area (Å²) in [4.78, 5) is 16.5. The molecular formula is C15H18N4O2. The normalized spacial score (nSPS) is 13.2. The minimum absolute atomic E-state index is 0.176. The Hall–Kier alpha value is -2.50. The van der Waals surface area contributed by atoms with Crippen molar-refractivity contribution in [1.82, 2.24) is 14.9 Å². The van der Waals surface area contributed by atoms with Gasteiger partial charge in [0.2, 0.25) is 5.95 Å². The Morgan fingerprint density at radius 1 is 1.48 bits per heavy atom. The molecule has 0 radical (unpaired) electrons. The van der Waals surface area contributed by atoms with E-state index in [1.807, 2.05) is 28.8 Å². The van der Waals surface area contributed by atoms with Crippen molar-refractivity contribution in [3.63, 3.8) is 0 Å². The number of rotatable bonds is 4. The zero-order valence-electron chi connectivity index (χ0n) is 11.9. The minimum Gasteiger partial charge on any atom is -0.496 e. The number of aryl methyl sites for hydroxylation is 1. The van der Waals surface area contributed by atoms with Crippen LogP contribution in [-0.4, -0.2) is 29.1 Å². The van der Waals surface area contributed by atoms with Gasteiger partial charge in [-0.25, -0.2) is 4.98 Å². The predicted octanol–water partition coefficient (Wildman–Crippen LogP) is 1.64. The molecule has 0 fully saturated rings. The number of methoxy groups -OCH3 is 1. The number of amides is 1. The molecule has 3 rings (SSSR count). The van der Waals surface area contributed by atoms with Crippen molar-refractivity contribution in [2.24, 2.45) is 0 Å². The van der Waals surface area contributed by atoms with E-state index in [0.29, 0.717) is 12.2 Å². The average Bonchev–Trinajstić information content (AvgIpc) is 2.97. The topological polar surface area (TPSA) is 68.2 Å². The van der Waals surface area contributed by atoms with Gasteiger partial charge in [0, 0.05) is 31.4 Å². The highest BCUT2D eigenvalue weighted by molar-refractivity contribution is 5.92. The molecule has 1 aromatic heterocycles. The van der Waals surface area contributed by atoms with Crippen molar-refractivity contribution in [2.75, 3.05) is 19.0 Å². The SMILES string of the molecule is COc1ccccc1CNC(=O)c1cn2c(n1)NCCC2. The molecule has 0 bridgehead atoms. The molecule has 0 aliphatic carbocycles. The first-order chi connectivity index (χ1) is 10.3. The molecular weight excluding hydrogens is 268 g/mol. The molecule has 1 aliphatic heterocycles. The van der Waals surface area contributed by atoms with Crippen LogP contribution in [0.3, 0.4) is 0 Å². The van der Waals surface area contributed by atoms with Crippen molar-refractivity contribution < 1.29 is 9.53 Å². The van der Waals surface area contributed by atoms with E-state index in [-0.39, 0.29) is 5.91 Å². The lowest BCUT2D eigenvalue weighted by molar-refractivity contribution is 0.0946. The number of fused-ring (bicyclic) bond motifs is 1. The maximum atomic E-state index is 12.2. The Morgan fingerprint density at radius 2 is 2.33 bits per heavy atom. The van der Waals surface area contributed by atoms with Gasteiger partial charge in [-0.1, -0.05) is 18.2 Å². The van der Waals surface area contributed by atoms with Crippen LogP contribution in [0.1, 0.15) is 22.5 Å². The lowest BCUT2D eigenvalue weighted by Gasteiger charge is -2.14.